The number of carbonyl (C=O) groups excluding carboxylic acids is 2. The summed E-state index contributed by atoms with van der Waals surface area (Å²) in [6, 6.07) is 22.4. The van der Waals surface area contributed by atoms with Crippen molar-refractivity contribution in [1.82, 2.24) is 5.32 Å². The van der Waals surface area contributed by atoms with Crippen LogP contribution in [0.1, 0.15) is 23.7 Å². The molecule has 146 valence electrons. The number of amides is 3. The van der Waals surface area contributed by atoms with Crippen LogP contribution in [0.15, 0.2) is 82.6 Å². The molecule has 1 aliphatic rings. The second-order valence-electron chi connectivity index (χ2n) is 6.60. The Morgan fingerprint density at radius 1 is 0.862 bits per heavy atom. The summed E-state index contributed by atoms with van der Waals surface area (Å²) in [6.45, 7) is 2.59. The average molecular weight is 404 g/mol. The lowest BCUT2D eigenvalue weighted by atomic mass is 10.1. The number of hydrogen-bond donors (Lipinski definition) is 2. The van der Waals surface area contributed by atoms with Crippen LogP contribution in [0, 0.1) is 0 Å². The summed E-state index contributed by atoms with van der Waals surface area (Å²) in [5.41, 5.74) is 2.57. The molecule has 29 heavy (non-hydrogen) atoms. The number of benzene rings is 3. The van der Waals surface area contributed by atoms with E-state index in [1.165, 1.54) is 0 Å². The fourth-order valence-electron chi connectivity index (χ4n) is 3.22. The summed E-state index contributed by atoms with van der Waals surface area (Å²) in [5.74, 6) is -0.197. The van der Waals surface area contributed by atoms with Crippen molar-refractivity contribution in [3.8, 4) is 0 Å². The van der Waals surface area contributed by atoms with Gasteiger partial charge < -0.3 is 10.6 Å². The predicted molar refractivity (Wildman–Crippen MR) is 117 cm³/mol. The summed E-state index contributed by atoms with van der Waals surface area (Å²) in [7, 11) is 0. The molecule has 0 radical (unpaired) electrons. The molecule has 0 saturated heterocycles. The molecule has 1 heterocycles. The highest BCUT2D eigenvalue weighted by Crippen LogP contribution is 2.48. The van der Waals surface area contributed by atoms with Crippen LogP contribution in [-0.4, -0.2) is 18.5 Å². The number of para-hydroxylation sites is 3. The van der Waals surface area contributed by atoms with Crippen molar-refractivity contribution in [3.05, 3.63) is 78.4 Å². The van der Waals surface area contributed by atoms with Crippen LogP contribution in [-0.2, 0) is 0 Å². The van der Waals surface area contributed by atoms with Gasteiger partial charge in [0, 0.05) is 16.3 Å². The van der Waals surface area contributed by atoms with E-state index in [0.29, 0.717) is 17.8 Å². The summed E-state index contributed by atoms with van der Waals surface area (Å²) >= 11 is 1.64. The van der Waals surface area contributed by atoms with Gasteiger partial charge in [0.15, 0.2) is 0 Å². The van der Waals surface area contributed by atoms with E-state index >= 15 is 0 Å². The molecule has 3 aromatic rings. The predicted octanol–water partition coefficient (Wildman–Crippen LogP) is 5.66. The average Bonchev–Trinajstić information content (AvgIpc) is 2.76. The molecule has 6 heteroatoms. The van der Waals surface area contributed by atoms with Crippen molar-refractivity contribution in [1.29, 1.82) is 0 Å². The van der Waals surface area contributed by atoms with E-state index < -0.39 is 0 Å². The number of fused-ring (bicyclic) bond motifs is 2. The first-order valence-corrected chi connectivity index (χ1v) is 10.3. The van der Waals surface area contributed by atoms with Crippen LogP contribution in [0.4, 0.5) is 21.9 Å². The lowest BCUT2D eigenvalue weighted by Crippen LogP contribution is -2.34. The summed E-state index contributed by atoms with van der Waals surface area (Å²) < 4.78 is 0. The highest BCUT2D eigenvalue weighted by atomic mass is 32.2. The van der Waals surface area contributed by atoms with Gasteiger partial charge >= 0.3 is 6.03 Å². The minimum Gasteiger partial charge on any atom is -0.352 e. The number of rotatable bonds is 4. The Bertz CT molecular complexity index is 1020. The third-order valence-corrected chi connectivity index (χ3v) is 5.71. The number of nitrogens with zero attached hydrogens (tertiary/aromatic N) is 1. The standard InChI is InChI=1S/C23H21N3O2S/c1-2-15-24-22(27)16-9-3-4-10-17(16)25-23(28)26-18-11-5-7-13-20(18)29-21-14-8-6-12-19(21)26/h3-14H,2,15H2,1H3,(H,24,27)(H,25,28). The molecule has 0 saturated carbocycles. The molecule has 3 aromatic carbocycles. The molecule has 0 unspecified atom stereocenters. The summed E-state index contributed by atoms with van der Waals surface area (Å²) in [5, 5.41) is 5.80. The van der Waals surface area contributed by atoms with Crippen LogP contribution in [0.3, 0.4) is 0 Å². The SMILES string of the molecule is CCCNC(=O)c1ccccc1NC(=O)N1c2ccccc2Sc2ccccc21. The van der Waals surface area contributed by atoms with Crippen molar-refractivity contribution in [2.45, 2.75) is 23.1 Å². The van der Waals surface area contributed by atoms with Crippen LogP contribution in [0.5, 0.6) is 0 Å². The number of nitrogens with one attached hydrogen (secondary N) is 2. The second-order valence-corrected chi connectivity index (χ2v) is 7.69. The van der Waals surface area contributed by atoms with E-state index in [2.05, 4.69) is 10.6 Å². The van der Waals surface area contributed by atoms with Crippen LogP contribution in [0.25, 0.3) is 0 Å². The molecule has 0 spiro atoms. The summed E-state index contributed by atoms with van der Waals surface area (Å²) in [4.78, 5) is 29.5. The molecular weight excluding hydrogens is 382 g/mol. The number of hydrogen-bond acceptors (Lipinski definition) is 3. The van der Waals surface area contributed by atoms with Gasteiger partial charge in [0.2, 0.25) is 0 Å². The van der Waals surface area contributed by atoms with Gasteiger partial charge in [0.05, 0.1) is 22.6 Å². The van der Waals surface area contributed by atoms with E-state index in [1.54, 1.807) is 40.9 Å². The van der Waals surface area contributed by atoms with E-state index in [-0.39, 0.29) is 11.9 Å². The molecule has 5 nitrogen and oxygen atoms in total. The minimum atomic E-state index is -0.305. The first kappa shape index (κ1) is 19.1. The van der Waals surface area contributed by atoms with Crippen LogP contribution >= 0.6 is 11.8 Å². The highest BCUT2D eigenvalue weighted by molar-refractivity contribution is 7.99. The van der Waals surface area contributed by atoms with E-state index in [4.69, 9.17) is 0 Å². The third-order valence-electron chi connectivity index (χ3n) is 4.58. The van der Waals surface area contributed by atoms with Crippen molar-refractivity contribution >= 4 is 40.8 Å². The Morgan fingerprint density at radius 2 is 1.45 bits per heavy atom. The van der Waals surface area contributed by atoms with E-state index in [0.717, 1.165) is 27.6 Å². The van der Waals surface area contributed by atoms with E-state index in [1.807, 2.05) is 55.5 Å². The van der Waals surface area contributed by atoms with Crippen molar-refractivity contribution < 1.29 is 9.59 Å². The Kier molecular flexibility index (Phi) is 5.53. The Balaban J connectivity index is 1.68. The Hall–Kier alpha value is -3.25. The molecule has 2 N–H and O–H groups in total. The monoisotopic (exact) mass is 403 g/mol. The van der Waals surface area contributed by atoms with Gasteiger partial charge in [0.25, 0.3) is 5.91 Å². The zero-order valence-electron chi connectivity index (χ0n) is 16.0. The van der Waals surface area contributed by atoms with Crippen LogP contribution < -0.4 is 15.5 Å². The quantitative estimate of drug-likeness (QED) is 0.591. The van der Waals surface area contributed by atoms with E-state index in [9.17, 15) is 9.59 Å². The summed E-state index contributed by atoms with van der Waals surface area (Å²) in [6.07, 6.45) is 0.847. The number of carbonyl (C=O) groups is 2. The molecule has 4 rings (SSSR count). The highest BCUT2D eigenvalue weighted by Gasteiger charge is 2.28. The second kappa shape index (κ2) is 8.41. The minimum absolute atomic E-state index is 0.197. The lowest BCUT2D eigenvalue weighted by Gasteiger charge is -2.31. The zero-order valence-corrected chi connectivity index (χ0v) is 16.8. The molecule has 0 aromatic heterocycles. The Morgan fingerprint density at radius 3 is 2.10 bits per heavy atom. The molecule has 3 amide bonds. The van der Waals surface area contributed by atoms with Gasteiger partial charge in [-0.15, -0.1) is 0 Å². The van der Waals surface area contributed by atoms with Crippen LogP contribution in [0.2, 0.25) is 0 Å². The zero-order chi connectivity index (χ0) is 20.2. The maximum Gasteiger partial charge on any atom is 0.331 e. The molecule has 0 aliphatic carbocycles. The molecular formula is C23H21N3O2S. The maximum absolute atomic E-state index is 13.4. The van der Waals surface area contributed by atoms with Crippen molar-refractivity contribution in [2.24, 2.45) is 0 Å². The molecule has 0 bridgehead atoms. The molecule has 0 fully saturated rings. The molecule has 1 aliphatic heterocycles. The fourth-order valence-corrected chi connectivity index (χ4v) is 4.28. The van der Waals surface area contributed by atoms with Gasteiger partial charge in [-0.05, 0) is 42.8 Å². The Labute approximate surface area is 174 Å². The van der Waals surface area contributed by atoms with Gasteiger partial charge in [0.1, 0.15) is 0 Å². The first-order valence-electron chi connectivity index (χ1n) is 9.53. The third kappa shape index (κ3) is 3.84. The fraction of sp³-hybridized carbons (Fsp3) is 0.130. The number of anilines is 3. The molecule has 0 atom stereocenters. The van der Waals surface area contributed by atoms with Crippen molar-refractivity contribution in [2.75, 3.05) is 16.8 Å². The van der Waals surface area contributed by atoms with Gasteiger partial charge in [-0.25, -0.2) is 4.79 Å². The smallest absolute Gasteiger partial charge is 0.331 e. The lowest BCUT2D eigenvalue weighted by molar-refractivity contribution is 0.0954. The normalized spacial score (nSPS) is 12.0. The van der Waals surface area contributed by atoms with Gasteiger partial charge in [-0.3, -0.25) is 9.69 Å². The topological polar surface area (TPSA) is 61.4 Å². The van der Waals surface area contributed by atoms with Gasteiger partial charge in [-0.1, -0.05) is 55.1 Å². The maximum atomic E-state index is 13.4. The largest absolute Gasteiger partial charge is 0.352 e. The van der Waals surface area contributed by atoms with Gasteiger partial charge in [-0.2, -0.15) is 0 Å². The number of urea groups is 1. The van der Waals surface area contributed by atoms with Crippen molar-refractivity contribution in [3.63, 3.8) is 0 Å². The first-order chi connectivity index (χ1) is 14.2.